The molecule has 1 unspecified atom stereocenters. The lowest BCUT2D eigenvalue weighted by Crippen LogP contribution is -1.85. The van der Waals surface area contributed by atoms with E-state index in [1.807, 2.05) is 13.8 Å². The summed E-state index contributed by atoms with van der Waals surface area (Å²) < 4.78 is 17.4. The van der Waals surface area contributed by atoms with Crippen molar-refractivity contribution in [2.24, 2.45) is 0 Å². The summed E-state index contributed by atoms with van der Waals surface area (Å²) in [6.07, 6.45) is 1.09. The summed E-state index contributed by atoms with van der Waals surface area (Å²) in [5, 5.41) is 0. The van der Waals surface area contributed by atoms with Crippen molar-refractivity contribution in [2.45, 2.75) is 13.8 Å². The number of hydrogen-bond donors (Lipinski definition) is 1. The second-order valence-electron chi connectivity index (χ2n) is 0.733. The van der Waals surface area contributed by atoms with E-state index in [-0.39, 0.29) is 0 Å². The lowest BCUT2D eigenvalue weighted by molar-refractivity contribution is 0.568. The lowest BCUT2D eigenvalue weighted by atomic mass is 11.0. The Morgan fingerprint density at radius 2 is 1.57 bits per heavy atom. The Labute approximate surface area is 49.4 Å². The van der Waals surface area contributed by atoms with E-state index in [9.17, 15) is 4.21 Å². The van der Waals surface area contributed by atoms with Gasteiger partial charge in [0.1, 0.15) is 8.77 Å². The van der Waals surface area contributed by atoms with Crippen LogP contribution in [0, 0.1) is 0 Å². The molecule has 0 amide bonds. The van der Waals surface area contributed by atoms with Crippen molar-refractivity contribution in [1.82, 2.24) is 0 Å². The molecule has 0 aromatic rings. The second-order valence-corrected chi connectivity index (χ2v) is 4.05. The fraction of sp³-hybridized carbons (Fsp3) is 1.00. The predicted octanol–water partition coefficient (Wildman–Crippen LogP) is 0.862. The van der Waals surface area contributed by atoms with Crippen LogP contribution in [0.25, 0.3) is 0 Å². The summed E-state index contributed by atoms with van der Waals surface area (Å²) in [7, 11) is -2.83. The van der Waals surface area contributed by atoms with Crippen LogP contribution in [0.3, 0.4) is 0 Å². The molecule has 46 valence electrons. The van der Waals surface area contributed by atoms with Crippen LogP contribution in [0.5, 0.6) is 0 Å². The van der Waals surface area contributed by atoms with Crippen LogP contribution < -0.4 is 0 Å². The average Bonchev–Trinajstić information content (AvgIpc) is 1.36. The summed E-state index contributed by atoms with van der Waals surface area (Å²) >= 11 is 3.91. The van der Waals surface area contributed by atoms with E-state index in [0.29, 0.717) is 0 Å². The Balaban J connectivity index is 0. The predicted molar refractivity (Wildman–Crippen MR) is 35.4 cm³/mol. The summed E-state index contributed by atoms with van der Waals surface area (Å²) in [5.74, 6) is 0. The largest absolute Gasteiger partial charge is 0.306 e. The van der Waals surface area contributed by atoms with Crippen molar-refractivity contribution >= 4 is 20.0 Å². The normalized spacial score (nSPS) is 16.0. The Morgan fingerprint density at radius 1 is 1.57 bits per heavy atom. The van der Waals surface area contributed by atoms with Gasteiger partial charge in [0, 0.05) is 17.4 Å². The third-order valence-electron chi connectivity index (χ3n) is 0. The molecule has 0 bridgehead atoms. The van der Waals surface area contributed by atoms with Gasteiger partial charge in [0.2, 0.25) is 0 Å². The zero-order chi connectivity index (χ0) is 6.50. The van der Waals surface area contributed by atoms with Crippen molar-refractivity contribution in [3.8, 4) is 0 Å². The first kappa shape index (κ1) is 10.3. The highest BCUT2D eigenvalue weighted by Gasteiger charge is 1.75. The van der Waals surface area contributed by atoms with Gasteiger partial charge in [-0.3, -0.25) is 0 Å². The average molecular weight is 142 g/mol. The van der Waals surface area contributed by atoms with Crippen LogP contribution >= 0.6 is 0 Å². The van der Waals surface area contributed by atoms with E-state index >= 15 is 0 Å². The van der Waals surface area contributed by atoms with E-state index in [1.165, 1.54) is 0 Å². The summed E-state index contributed by atoms with van der Waals surface area (Å²) in [6, 6.07) is 0. The molecule has 7 heavy (non-hydrogen) atoms. The third-order valence-corrected chi connectivity index (χ3v) is 0. The smallest absolute Gasteiger partial charge is 0.138 e. The molecule has 0 saturated carbocycles. The molecule has 0 spiro atoms. The third kappa shape index (κ3) is 1090. The Morgan fingerprint density at radius 3 is 1.57 bits per heavy atom. The molecule has 0 aliphatic rings. The molecule has 0 radical (unpaired) electrons. The molecule has 0 aliphatic heterocycles. The molecule has 0 aromatic carbocycles. The second kappa shape index (κ2) is 4.49. The molecule has 2 nitrogen and oxygen atoms in total. The van der Waals surface area contributed by atoms with Gasteiger partial charge in [-0.05, 0) is 0 Å². The number of rotatable bonds is 0. The molecular weight excluding hydrogens is 132 g/mol. The quantitative estimate of drug-likeness (QED) is 0.545. The molecule has 1 N–H and O–H groups in total. The zero-order valence-corrected chi connectivity index (χ0v) is 6.30. The molecule has 0 rings (SSSR count). The fourth-order valence-corrected chi connectivity index (χ4v) is 0. The molecule has 0 heterocycles. The highest BCUT2D eigenvalue weighted by Crippen LogP contribution is 1.63. The van der Waals surface area contributed by atoms with Crippen LogP contribution in [-0.2, 0) is 20.0 Å². The molecule has 4 heteroatoms. The molecule has 0 fully saturated rings. The van der Waals surface area contributed by atoms with Crippen LogP contribution in [0.2, 0.25) is 0 Å². The highest BCUT2D eigenvalue weighted by atomic mass is 32.8. The van der Waals surface area contributed by atoms with Gasteiger partial charge in [0.05, 0.1) is 0 Å². The summed E-state index contributed by atoms with van der Waals surface area (Å²) in [5.41, 5.74) is 0. The van der Waals surface area contributed by atoms with Gasteiger partial charge < -0.3 is 4.55 Å². The molecule has 0 saturated heterocycles. The van der Waals surface area contributed by atoms with Gasteiger partial charge >= 0.3 is 0 Å². The van der Waals surface area contributed by atoms with Crippen molar-refractivity contribution in [1.29, 1.82) is 0 Å². The zero-order valence-electron chi connectivity index (χ0n) is 4.67. The Kier molecular flexibility index (Phi) is 6.63. The molecular formula is C3H10O2S2. The van der Waals surface area contributed by atoms with Crippen molar-refractivity contribution in [3.05, 3.63) is 0 Å². The van der Waals surface area contributed by atoms with Gasteiger partial charge in [-0.1, -0.05) is 13.8 Å². The van der Waals surface area contributed by atoms with E-state index < -0.39 is 8.77 Å². The minimum atomic E-state index is -2.83. The van der Waals surface area contributed by atoms with Gasteiger partial charge in [-0.2, -0.15) is 0 Å². The van der Waals surface area contributed by atoms with Crippen LogP contribution in [0.15, 0.2) is 0 Å². The van der Waals surface area contributed by atoms with E-state index in [0.717, 1.165) is 6.26 Å². The molecule has 1 atom stereocenters. The first-order valence-electron chi connectivity index (χ1n) is 1.92. The summed E-state index contributed by atoms with van der Waals surface area (Å²) in [4.78, 5) is 0. The summed E-state index contributed by atoms with van der Waals surface area (Å²) in [6.45, 7) is 4.00. The maximum Gasteiger partial charge on any atom is 0.138 e. The highest BCUT2D eigenvalue weighted by molar-refractivity contribution is 8.29. The van der Waals surface area contributed by atoms with Crippen molar-refractivity contribution in [2.75, 3.05) is 6.26 Å². The van der Waals surface area contributed by atoms with Crippen LogP contribution in [-0.4, -0.2) is 15.0 Å². The van der Waals surface area contributed by atoms with Gasteiger partial charge in [0.15, 0.2) is 0 Å². The van der Waals surface area contributed by atoms with E-state index in [2.05, 4.69) is 11.2 Å². The first-order valence-corrected chi connectivity index (χ1v) is 4.77. The van der Waals surface area contributed by atoms with Gasteiger partial charge in [-0.25, -0.2) is 4.21 Å². The fourth-order valence-electron chi connectivity index (χ4n) is 0. The Hall–Kier alpha value is 0.330. The van der Waals surface area contributed by atoms with Crippen molar-refractivity contribution in [3.63, 3.8) is 0 Å². The minimum Gasteiger partial charge on any atom is -0.306 e. The standard InChI is InChI=1S/C2H6.CH4O2S2/c1-2;1-5(2,3)4/h1-2H3;1H3,(H,2,3,4). The van der Waals surface area contributed by atoms with E-state index in [1.54, 1.807) is 0 Å². The minimum absolute atomic E-state index is 1.09. The topological polar surface area (TPSA) is 37.3 Å². The number of hydrogen-bond acceptors (Lipinski definition) is 2. The van der Waals surface area contributed by atoms with Crippen LogP contribution in [0.1, 0.15) is 13.8 Å². The van der Waals surface area contributed by atoms with Gasteiger partial charge in [0.25, 0.3) is 0 Å². The first-order chi connectivity index (χ1) is 3.00. The Bertz CT molecular complexity index is 94.1. The van der Waals surface area contributed by atoms with E-state index in [4.69, 9.17) is 4.55 Å². The SMILES string of the molecule is CC.CS(=O)(O)=S. The molecule has 0 aliphatic carbocycles. The molecule has 0 aromatic heterocycles. The maximum atomic E-state index is 9.56. The monoisotopic (exact) mass is 142 g/mol. The van der Waals surface area contributed by atoms with Crippen LogP contribution in [0.4, 0.5) is 0 Å². The maximum absolute atomic E-state index is 9.56. The van der Waals surface area contributed by atoms with Gasteiger partial charge in [-0.15, -0.1) is 0 Å². The van der Waals surface area contributed by atoms with Crippen molar-refractivity contribution < 1.29 is 8.76 Å². The lowest BCUT2D eigenvalue weighted by Gasteiger charge is -1.74.